The van der Waals surface area contributed by atoms with Crippen molar-refractivity contribution in [2.24, 2.45) is 0 Å². The zero-order chi connectivity index (χ0) is 11.9. The largest absolute Gasteiger partial charge is 0.478 e. The van der Waals surface area contributed by atoms with E-state index in [1.54, 1.807) is 18.5 Å². The lowest BCUT2D eigenvalue weighted by molar-refractivity contribution is 0.326. The molecule has 2 heterocycles. The zero-order valence-electron chi connectivity index (χ0n) is 9.71. The quantitative estimate of drug-likeness (QED) is 0.811. The Hall–Kier alpha value is -2.11. The second-order valence-electron chi connectivity index (χ2n) is 3.35. The van der Waals surface area contributed by atoms with Crippen LogP contribution in [0.15, 0.2) is 30.7 Å². The average molecular weight is 233 g/mol. The lowest BCUT2D eigenvalue weighted by Gasteiger charge is -2.06. The molecular formula is C11H15N5O. The van der Waals surface area contributed by atoms with E-state index in [1.807, 2.05) is 23.9 Å². The second-order valence-corrected chi connectivity index (χ2v) is 3.35. The number of anilines is 1. The van der Waals surface area contributed by atoms with Gasteiger partial charge in [-0.15, -0.1) is 0 Å². The van der Waals surface area contributed by atoms with Crippen molar-refractivity contribution >= 4 is 5.95 Å². The highest BCUT2D eigenvalue weighted by Gasteiger charge is 1.98. The fourth-order valence-corrected chi connectivity index (χ4v) is 1.37. The van der Waals surface area contributed by atoms with Crippen LogP contribution in [0, 0.1) is 0 Å². The summed E-state index contributed by atoms with van der Waals surface area (Å²) in [6, 6.07) is 3.63. The van der Waals surface area contributed by atoms with Gasteiger partial charge in [0.15, 0.2) is 0 Å². The standard InChI is InChI=1S/C11H15N5O/c1-2-17-10-4-6-12-11(15-10)13-7-9-16-8-3-5-14-16/h3-6,8H,2,7,9H2,1H3,(H,12,13,15). The van der Waals surface area contributed by atoms with E-state index in [2.05, 4.69) is 20.4 Å². The van der Waals surface area contributed by atoms with Crippen LogP contribution in [0.25, 0.3) is 0 Å². The minimum atomic E-state index is 0.572. The van der Waals surface area contributed by atoms with Gasteiger partial charge in [-0.05, 0) is 13.0 Å². The van der Waals surface area contributed by atoms with Gasteiger partial charge in [0.25, 0.3) is 0 Å². The fraction of sp³-hybridized carbons (Fsp3) is 0.364. The van der Waals surface area contributed by atoms with Gasteiger partial charge < -0.3 is 10.1 Å². The molecule has 2 aromatic heterocycles. The monoisotopic (exact) mass is 233 g/mol. The molecule has 0 amide bonds. The normalized spacial score (nSPS) is 10.2. The highest BCUT2D eigenvalue weighted by Crippen LogP contribution is 2.07. The Morgan fingerprint density at radius 2 is 2.35 bits per heavy atom. The molecule has 0 aromatic carbocycles. The summed E-state index contributed by atoms with van der Waals surface area (Å²) in [5.41, 5.74) is 0. The van der Waals surface area contributed by atoms with Crippen molar-refractivity contribution in [2.45, 2.75) is 13.5 Å². The second kappa shape index (κ2) is 5.83. The van der Waals surface area contributed by atoms with Crippen LogP contribution in [-0.4, -0.2) is 32.9 Å². The third-order valence-corrected chi connectivity index (χ3v) is 2.11. The summed E-state index contributed by atoms with van der Waals surface area (Å²) >= 11 is 0. The third-order valence-electron chi connectivity index (χ3n) is 2.11. The SMILES string of the molecule is CCOc1ccnc(NCCn2cccn2)n1. The molecule has 90 valence electrons. The minimum Gasteiger partial charge on any atom is -0.478 e. The molecule has 0 aliphatic heterocycles. The Labute approximate surface area is 99.7 Å². The summed E-state index contributed by atoms with van der Waals surface area (Å²) in [7, 11) is 0. The van der Waals surface area contributed by atoms with Gasteiger partial charge in [0.2, 0.25) is 11.8 Å². The predicted molar refractivity (Wildman–Crippen MR) is 63.9 cm³/mol. The number of nitrogens with zero attached hydrogens (tertiary/aromatic N) is 4. The van der Waals surface area contributed by atoms with E-state index in [-0.39, 0.29) is 0 Å². The molecule has 0 fully saturated rings. The molecule has 0 saturated heterocycles. The van der Waals surface area contributed by atoms with E-state index in [9.17, 15) is 0 Å². The first-order chi connectivity index (χ1) is 8.38. The summed E-state index contributed by atoms with van der Waals surface area (Å²) in [5, 5.41) is 7.22. The van der Waals surface area contributed by atoms with Crippen LogP contribution in [0.2, 0.25) is 0 Å². The smallest absolute Gasteiger partial charge is 0.226 e. The minimum absolute atomic E-state index is 0.572. The maximum atomic E-state index is 5.29. The summed E-state index contributed by atoms with van der Waals surface area (Å²) in [5.74, 6) is 1.16. The molecule has 0 spiro atoms. The van der Waals surface area contributed by atoms with Crippen LogP contribution in [0.1, 0.15) is 6.92 Å². The van der Waals surface area contributed by atoms with E-state index in [0.29, 0.717) is 18.4 Å². The van der Waals surface area contributed by atoms with E-state index in [1.165, 1.54) is 0 Å². The summed E-state index contributed by atoms with van der Waals surface area (Å²) in [6.45, 7) is 4.02. The van der Waals surface area contributed by atoms with E-state index in [4.69, 9.17) is 4.74 Å². The van der Waals surface area contributed by atoms with E-state index in [0.717, 1.165) is 13.1 Å². The molecule has 0 aliphatic carbocycles. The van der Waals surface area contributed by atoms with Crippen LogP contribution in [0.5, 0.6) is 5.88 Å². The molecule has 0 unspecified atom stereocenters. The van der Waals surface area contributed by atoms with E-state index >= 15 is 0 Å². The third kappa shape index (κ3) is 3.44. The van der Waals surface area contributed by atoms with Gasteiger partial charge in [-0.1, -0.05) is 0 Å². The highest BCUT2D eigenvalue weighted by atomic mass is 16.5. The first-order valence-corrected chi connectivity index (χ1v) is 5.55. The van der Waals surface area contributed by atoms with Crippen molar-refractivity contribution in [2.75, 3.05) is 18.5 Å². The predicted octanol–water partition coefficient (Wildman–Crippen LogP) is 1.18. The highest BCUT2D eigenvalue weighted by molar-refractivity contribution is 5.27. The van der Waals surface area contributed by atoms with Gasteiger partial charge in [0.05, 0.1) is 13.2 Å². The van der Waals surface area contributed by atoms with Crippen molar-refractivity contribution in [3.63, 3.8) is 0 Å². The van der Waals surface area contributed by atoms with Gasteiger partial charge in [-0.2, -0.15) is 10.1 Å². The van der Waals surface area contributed by atoms with Crippen LogP contribution >= 0.6 is 0 Å². The Morgan fingerprint density at radius 3 is 3.12 bits per heavy atom. The summed E-state index contributed by atoms with van der Waals surface area (Å²) < 4.78 is 7.14. The molecule has 17 heavy (non-hydrogen) atoms. The Kier molecular flexibility index (Phi) is 3.90. The molecule has 0 bridgehead atoms. The van der Waals surface area contributed by atoms with Crippen LogP contribution < -0.4 is 10.1 Å². The first-order valence-electron chi connectivity index (χ1n) is 5.55. The van der Waals surface area contributed by atoms with Gasteiger partial charge in [0.1, 0.15) is 0 Å². The lowest BCUT2D eigenvalue weighted by Crippen LogP contribution is -2.12. The van der Waals surface area contributed by atoms with Gasteiger partial charge in [-0.25, -0.2) is 4.98 Å². The molecule has 2 rings (SSSR count). The number of ether oxygens (including phenoxy) is 1. The van der Waals surface area contributed by atoms with Crippen molar-refractivity contribution in [1.82, 2.24) is 19.7 Å². The van der Waals surface area contributed by atoms with Crippen LogP contribution in [0.3, 0.4) is 0 Å². The molecule has 0 aliphatic rings. The van der Waals surface area contributed by atoms with Crippen molar-refractivity contribution < 1.29 is 4.74 Å². The molecule has 2 aromatic rings. The number of nitrogens with one attached hydrogen (secondary N) is 1. The molecule has 6 heteroatoms. The molecular weight excluding hydrogens is 218 g/mol. The summed E-state index contributed by atoms with van der Waals surface area (Å²) in [6.07, 6.45) is 5.35. The number of aromatic nitrogens is 4. The number of hydrogen-bond donors (Lipinski definition) is 1. The van der Waals surface area contributed by atoms with Crippen molar-refractivity contribution in [3.05, 3.63) is 30.7 Å². The Morgan fingerprint density at radius 1 is 1.41 bits per heavy atom. The number of rotatable bonds is 6. The Balaban J connectivity index is 1.84. The number of hydrogen-bond acceptors (Lipinski definition) is 5. The maximum absolute atomic E-state index is 5.29. The van der Waals surface area contributed by atoms with Crippen molar-refractivity contribution in [1.29, 1.82) is 0 Å². The summed E-state index contributed by atoms with van der Waals surface area (Å²) in [4.78, 5) is 8.32. The first kappa shape index (κ1) is 11.4. The fourth-order valence-electron chi connectivity index (χ4n) is 1.37. The van der Waals surface area contributed by atoms with Crippen LogP contribution in [0.4, 0.5) is 5.95 Å². The van der Waals surface area contributed by atoms with Gasteiger partial charge in [-0.3, -0.25) is 4.68 Å². The molecule has 6 nitrogen and oxygen atoms in total. The molecule has 0 saturated carbocycles. The average Bonchev–Trinajstić information content (AvgIpc) is 2.83. The molecule has 0 atom stereocenters. The van der Waals surface area contributed by atoms with Crippen LogP contribution in [-0.2, 0) is 6.54 Å². The lowest BCUT2D eigenvalue weighted by atomic mass is 10.6. The van der Waals surface area contributed by atoms with E-state index < -0.39 is 0 Å². The molecule has 0 radical (unpaired) electrons. The zero-order valence-corrected chi connectivity index (χ0v) is 9.71. The Bertz CT molecular complexity index is 443. The molecule has 1 N–H and O–H groups in total. The van der Waals surface area contributed by atoms with Gasteiger partial charge >= 0.3 is 0 Å². The van der Waals surface area contributed by atoms with Gasteiger partial charge in [0, 0.05) is 31.2 Å². The topological polar surface area (TPSA) is 64.9 Å². The maximum Gasteiger partial charge on any atom is 0.226 e. The van der Waals surface area contributed by atoms with Crippen molar-refractivity contribution in [3.8, 4) is 5.88 Å².